The summed E-state index contributed by atoms with van der Waals surface area (Å²) in [4.78, 5) is 29.9. The number of fused-ring (bicyclic) bond motifs is 2. The predicted octanol–water partition coefficient (Wildman–Crippen LogP) is 0.547. The number of carbonyl (C=O) groups is 2. The van der Waals surface area contributed by atoms with Gasteiger partial charge in [0.15, 0.2) is 6.61 Å². The molecule has 1 atom stereocenters. The quantitative estimate of drug-likeness (QED) is 0.532. The van der Waals surface area contributed by atoms with Gasteiger partial charge in [0, 0.05) is 13.1 Å². The topological polar surface area (TPSA) is 59.1 Å². The number of carbonyl (C=O) groups excluding carboxylic acids is 2. The molecule has 6 nitrogen and oxygen atoms in total. The standard InChI is InChI=1S/C11H16N2O4/c1-3-16-10(14)7-17-13-9-4-8(2)5-12(6-9)11(13)15/h4,9H,3,5-7H2,1-2H3. The van der Waals surface area contributed by atoms with Crippen LogP contribution in [0.1, 0.15) is 13.8 Å². The summed E-state index contributed by atoms with van der Waals surface area (Å²) in [7, 11) is 0. The molecule has 1 fully saturated rings. The zero-order valence-electron chi connectivity index (χ0n) is 10.0. The fourth-order valence-corrected chi connectivity index (χ4v) is 2.07. The van der Waals surface area contributed by atoms with Gasteiger partial charge in [0.05, 0.1) is 12.6 Å². The second-order valence-corrected chi connectivity index (χ2v) is 4.15. The summed E-state index contributed by atoms with van der Waals surface area (Å²) in [6.07, 6.45) is 1.99. The molecule has 2 aliphatic heterocycles. The smallest absolute Gasteiger partial charge is 0.344 e. The maximum Gasteiger partial charge on any atom is 0.344 e. The molecular formula is C11H16N2O4. The third-order valence-electron chi connectivity index (χ3n) is 2.71. The SMILES string of the molecule is CCOC(=O)CON1C(=O)N2CC(C)=CC1C2. The molecule has 6 heteroatoms. The molecule has 0 aromatic carbocycles. The third-order valence-corrected chi connectivity index (χ3v) is 2.71. The lowest BCUT2D eigenvalue weighted by molar-refractivity contribution is -0.169. The fourth-order valence-electron chi connectivity index (χ4n) is 2.07. The van der Waals surface area contributed by atoms with Gasteiger partial charge in [-0.2, -0.15) is 5.06 Å². The summed E-state index contributed by atoms with van der Waals surface area (Å²) in [5, 5.41) is 1.26. The molecule has 17 heavy (non-hydrogen) atoms. The van der Waals surface area contributed by atoms with Crippen molar-refractivity contribution in [2.45, 2.75) is 19.9 Å². The van der Waals surface area contributed by atoms with Crippen LogP contribution in [0.3, 0.4) is 0 Å². The van der Waals surface area contributed by atoms with E-state index in [1.165, 1.54) is 5.06 Å². The molecule has 0 aliphatic carbocycles. The molecule has 0 saturated carbocycles. The lowest BCUT2D eigenvalue weighted by atomic mass is 10.1. The zero-order chi connectivity index (χ0) is 12.4. The van der Waals surface area contributed by atoms with Crippen LogP contribution >= 0.6 is 0 Å². The normalized spacial score (nSPS) is 22.8. The van der Waals surface area contributed by atoms with E-state index in [1.807, 2.05) is 13.0 Å². The van der Waals surface area contributed by atoms with Crippen molar-refractivity contribution in [3.63, 3.8) is 0 Å². The van der Waals surface area contributed by atoms with Crippen LogP contribution < -0.4 is 0 Å². The molecule has 1 unspecified atom stereocenters. The summed E-state index contributed by atoms with van der Waals surface area (Å²) in [6, 6.07) is -0.280. The Labute approximate surface area is 99.7 Å². The van der Waals surface area contributed by atoms with Crippen molar-refractivity contribution in [2.24, 2.45) is 0 Å². The Balaban J connectivity index is 1.93. The van der Waals surface area contributed by atoms with E-state index in [0.29, 0.717) is 19.7 Å². The highest BCUT2D eigenvalue weighted by Crippen LogP contribution is 2.24. The Morgan fingerprint density at radius 3 is 3.06 bits per heavy atom. The van der Waals surface area contributed by atoms with E-state index >= 15 is 0 Å². The van der Waals surface area contributed by atoms with Gasteiger partial charge in [-0.1, -0.05) is 11.6 Å². The number of urea groups is 1. The van der Waals surface area contributed by atoms with E-state index in [4.69, 9.17) is 9.57 Å². The van der Waals surface area contributed by atoms with Crippen molar-refractivity contribution >= 4 is 12.0 Å². The van der Waals surface area contributed by atoms with Crippen LogP contribution in [0.25, 0.3) is 0 Å². The Kier molecular flexibility index (Phi) is 3.33. The molecular weight excluding hydrogens is 224 g/mol. The van der Waals surface area contributed by atoms with Crippen LogP contribution in [0.2, 0.25) is 0 Å². The predicted molar refractivity (Wildman–Crippen MR) is 58.9 cm³/mol. The van der Waals surface area contributed by atoms with E-state index in [-0.39, 0.29) is 18.7 Å². The largest absolute Gasteiger partial charge is 0.464 e. The van der Waals surface area contributed by atoms with Gasteiger partial charge < -0.3 is 9.64 Å². The number of esters is 1. The fraction of sp³-hybridized carbons (Fsp3) is 0.636. The number of hydrogen-bond donors (Lipinski definition) is 0. The van der Waals surface area contributed by atoms with Crippen LogP contribution in [-0.4, -0.2) is 54.3 Å². The van der Waals surface area contributed by atoms with Crippen LogP contribution in [0.4, 0.5) is 4.79 Å². The summed E-state index contributed by atoms with van der Waals surface area (Å²) in [5.41, 5.74) is 1.14. The highest BCUT2D eigenvalue weighted by molar-refractivity contribution is 5.78. The van der Waals surface area contributed by atoms with E-state index in [0.717, 1.165) is 5.57 Å². The highest BCUT2D eigenvalue weighted by atomic mass is 16.7. The molecule has 2 amide bonds. The Morgan fingerprint density at radius 2 is 2.35 bits per heavy atom. The molecule has 0 aromatic rings. The maximum atomic E-state index is 11.8. The molecule has 2 heterocycles. The second-order valence-electron chi connectivity index (χ2n) is 4.15. The lowest BCUT2D eigenvalue weighted by Crippen LogP contribution is -2.35. The molecule has 0 aromatic heterocycles. The van der Waals surface area contributed by atoms with Crippen molar-refractivity contribution < 1.29 is 19.2 Å². The summed E-state index contributed by atoms with van der Waals surface area (Å²) >= 11 is 0. The van der Waals surface area contributed by atoms with Gasteiger partial charge in [-0.05, 0) is 13.8 Å². The van der Waals surface area contributed by atoms with E-state index in [1.54, 1.807) is 11.8 Å². The minimum absolute atomic E-state index is 0.0920. The number of ether oxygens (including phenoxy) is 1. The van der Waals surface area contributed by atoms with Crippen molar-refractivity contribution in [3.05, 3.63) is 11.6 Å². The molecule has 2 bridgehead atoms. The van der Waals surface area contributed by atoms with Crippen LogP contribution in [0.5, 0.6) is 0 Å². The minimum Gasteiger partial charge on any atom is -0.464 e. The number of hydrogen-bond acceptors (Lipinski definition) is 4. The maximum absolute atomic E-state index is 11.8. The summed E-state index contributed by atoms with van der Waals surface area (Å²) in [6.45, 7) is 5.04. The second kappa shape index (κ2) is 4.75. The molecule has 94 valence electrons. The molecule has 0 N–H and O–H groups in total. The van der Waals surface area contributed by atoms with E-state index < -0.39 is 5.97 Å². The number of rotatable bonds is 4. The molecule has 0 radical (unpaired) electrons. The van der Waals surface area contributed by atoms with Crippen molar-refractivity contribution in [1.29, 1.82) is 0 Å². The average Bonchev–Trinajstić information content (AvgIpc) is 2.48. The minimum atomic E-state index is -0.461. The van der Waals surface area contributed by atoms with Crippen LogP contribution in [0.15, 0.2) is 11.6 Å². The Bertz CT molecular complexity index is 366. The van der Waals surface area contributed by atoms with Gasteiger partial charge >= 0.3 is 12.0 Å². The Morgan fingerprint density at radius 1 is 1.59 bits per heavy atom. The van der Waals surface area contributed by atoms with Gasteiger partial charge in [0.2, 0.25) is 0 Å². The molecule has 2 rings (SSSR count). The van der Waals surface area contributed by atoms with Gasteiger partial charge in [-0.25, -0.2) is 9.59 Å². The van der Waals surface area contributed by atoms with E-state index in [9.17, 15) is 9.59 Å². The highest BCUT2D eigenvalue weighted by Gasteiger charge is 2.40. The first-order valence-electron chi connectivity index (χ1n) is 5.65. The monoisotopic (exact) mass is 240 g/mol. The van der Waals surface area contributed by atoms with Crippen LogP contribution in [-0.2, 0) is 14.4 Å². The summed E-state index contributed by atoms with van der Waals surface area (Å²) in [5.74, 6) is -0.461. The van der Waals surface area contributed by atoms with Crippen LogP contribution in [0, 0.1) is 0 Å². The van der Waals surface area contributed by atoms with Crippen molar-refractivity contribution in [2.75, 3.05) is 26.3 Å². The first kappa shape index (κ1) is 11.9. The van der Waals surface area contributed by atoms with Crippen molar-refractivity contribution in [1.82, 2.24) is 9.96 Å². The average molecular weight is 240 g/mol. The number of hydroxylamine groups is 2. The van der Waals surface area contributed by atoms with Gasteiger partial charge in [0.25, 0.3) is 0 Å². The number of amides is 2. The number of nitrogens with zero attached hydrogens (tertiary/aromatic N) is 2. The van der Waals surface area contributed by atoms with Gasteiger partial charge in [-0.3, -0.25) is 4.84 Å². The molecule has 1 saturated heterocycles. The van der Waals surface area contributed by atoms with E-state index in [2.05, 4.69) is 0 Å². The molecule has 0 spiro atoms. The first-order valence-corrected chi connectivity index (χ1v) is 5.65. The van der Waals surface area contributed by atoms with Gasteiger partial charge in [0.1, 0.15) is 0 Å². The van der Waals surface area contributed by atoms with Gasteiger partial charge in [-0.15, -0.1) is 0 Å². The summed E-state index contributed by atoms with van der Waals surface area (Å²) < 4.78 is 4.74. The Hall–Kier alpha value is -1.56. The molecule has 2 aliphatic rings. The zero-order valence-corrected chi connectivity index (χ0v) is 10.0. The lowest BCUT2D eigenvalue weighted by Gasteiger charge is -2.19. The van der Waals surface area contributed by atoms with Crippen molar-refractivity contribution in [3.8, 4) is 0 Å². The third kappa shape index (κ3) is 2.41. The first-order chi connectivity index (χ1) is 8.11.